The van der Waals surface area contributed by atoms with Crippen LogP contribution in [0.4, 0.5) is 0 Å². The number of carbonyl (C=O) groups is 1. The van der Waals surface area contributed by atoms with Crippen LogP contribution in [0.15, 0.2) is 5.38 Å². The average Bonchev–Trinajstić information content (AvgIpc) is 2.85. The molecule has 0 spiro atoms. The number of esters is 1. The van der Waals surface area contributed by atoms with E-state index in [0.29, 0.717) is 6.61 Å². The van der Waals surface area contributed by atoms with E-state index in [1.165, 1.54) is 0 Å². The summed E-state index contributed by atoms with van der Waals surface area (Å²) >= 11 is 1.55. The number of hydrogen-bond donors (Lipinski definition) is 1. The summed E-state index contributed by atoms with van der Waals surface area (Å²) in [5.74, 6) is -0.252. The molecule has 6 heteroatoms. The first-order valence-electron chi connectivity index (χ1n) is 7.16. The molecule has 0 amide bonds. The SMILES string of the molecule is CCOC(=O)C(NCCN(CC)CC)c1csc(C)n1. The van der Waals surface area contributed by atoms with Gasteiger partial charge in [0.05, 0.1) is 17.3 Å². The monoisotopic (exact) mass is 299 g/mol. The Hall–Kier alpha value is -0.980. The Morgan fingerprint density at radius 1 is 1.45 bits per heavy atom. The Bertz CT molecular complexity index is 405. The lowest BCUT2D eigenvalue weighted by molar-refractivity contribution is -0.146. The zero-order valence-electron chi connectivity index (χ0n) is 12.8. The second-order valence-corrected chi connectivity index (χ2v) is 5.52. The van der Waals surface area contributed by atoms with Gasteiger partial charge in [0.25, 0.3) is 0 Å². The molecule has 1 atom stereocenters. The molecule has 0 aliphatic heterocycles. The molecule has 1 N–H and O–H groups in total. The first-order chi connectivity index (χ1) is 9.62. The molecule has 0 saturated heterocycles. The van der Waals surface area contributed by atoms with Gasteiger partial charge in [0.1, 0.15) is 6.04 Å². The van der Waals surface area contributed by atoms with Crippen molar-refractivity contribution < 1.29 is 9.53 Å². The maximum Gasteiger partial charge on any atom is 0.329 e. The fourth-order valence-electron chi connectivity index (χ4n) is 1.95. The largest absolute Gasteiger partial charge is 0.465 e. The van der Waals surface area contributed by atoms with Gasteiger partial charge in [-0.15, -0.1) is 11.3 Å². The van der Waals surface area contributed by atoms with Crippen molar-refractivity contribution in [1.82, 2.24) is 15.2 Å². The quantitative estimate of drug-likeness (QED) is 0.707. The first kappa shape index (κ1) is 17.1. The molecule has 0 fully saturated rings. The molecule has 0 radical (unpaired) electrons. The second-order valence-electron chi connectivity index (χ2n) is 4.46. The van der Waals surface area contributed by atoms with Gasteiger partial charge in [-0.3, -0.25) is 5.32 Å². The van der Waals surface area contributed by atoms with Crippen molar-refractivity contribution >= 4 is 17.3 Å². The second kappa shape index (κ2) is 9.05. The number of hydrogen-bond acceptors (Lipinski definition) is 6. The van der Waals surface area contributed by atoms with Crippen LogP contribution in [-0.4, -0.2) is 48.6 Å². The standard InChI is InChI=1S/C14H25N3O2S/c1-5-17(6-2)9-8-15-13(14(18)19-7-3)12-10-20-11(4)16-12/h10,13,15H,5-9H2,1-4H3. The minimum absolute atomic E-state index is 0.252. The highest BCUT2D eigenvalue weighted by Crippen LogP contribution is 2.17. The highest BCUT2D eigenvalue weighted by Gasteiger charge is 2.23. The summed E-state index contributed by atoms with van der Waals surface area (Å²) in [6, 6.07) is -0.463. The van der Waals surface area contributed by atoms with Gasteiger partial charge in [0.2, 0.25) is 0 Å². The Kier molecular flexibility index (Phi) is 7.72. The van der Waals surface area contributed by atoms with E-state index in [9.17, 15) is 4.79 Å². The number of aryl methyl sites for hydroxylation is 1. The number of likely N-dealkylation sites (N-methyl/N-ethyl adjacent to an activating group) is 1. The average molecular weight is 299 g/mol. The van der Waals surface area contributed by atoms with Crippen LogP contribution in [0.1, 0.15) is 37.5 Å². The summed E-state index contributed by atoms with van der Waals surface area (Å²) in [4.78, 5) is 18.7. The Morgan fingerprint density at radius 2 is 2.15 bits per heavy atom. The minimum atomic E-state index is -0.463. The van der Waals surface area contributed by atoms with Gasteiger partial charge in [0, 0.05) is 18.5 Å². The lowest BCUT2D eigenvalue weighted by atomic mass is 10.2. The molecule has 1 unspecified atom stereocenters. The number of nitrogens with zero attached hydrogens (tertiary/aromatic N) is 2. The maximum atomic E-state index is 12.0. The van der Waals surface area contributed by atoms with Gasteiger partial charge < -0.3 is 9.64 Å². The van der Waals surface area contributed by atoms with Crippen molar-refractivity contribution in [2.75, 3.05) is 32.8 Å². The number of rotatable bonds is 9. The fourth-order valence-corrected chi connectivity index (χ4v) is 2.59. The van der Waals surface area contributed by atoms with Gasteiger partial charge in [-0.05, 0) is 26.9 Å². The number of ether oxygens (including phenoxy) is 1. The molecule has 1 aromatic heterocycles. The summed E-state index contributed by atoms with van der Waals surface area (Å²) in [5, 5.41) is 6.14. The van der Waals surface area contributed by atoms with Crippen molar-refractivity contribution in [3.8, 4) is 0 Å². The van der Waals surface area contributed by atoms with Gasteiger partial charge in [-0.25, -0.2) is 9.78 Å². The number of nitrogens with one attached hydrogen (secondary N) is 1. The molecule has 114 valence electrons. The summed E-state index contributed by atoms with van der Waals surface area (Å²) in [6.07, 6.45) is 0. The normalized spacial score (nSPS) is 12.7. The molecule has 0 aliphatic carbocycles. The molecular weight excluding hydrogens is 274 g/mol. The smallest absolute Gasteiger partial charge is 0.329 e. The van der Waals surface area contributed by atoms with E-state index >= 15 is 0 Å². The van der Waals surface area contributed by atoms with Crippen molar-refractivity contribution in [3.05, 3.63) is 16.1 Å². The van der Waals surface area contributed by atoms with E-state index in [1.54, 1.807) is 11.3 Å². The van der Waals surface area contributed by atoms with E-state index in [2.05, 4.69) is 29.0 Å². The van der Waals surface area contributed by atoms with E-state index < -0.39 is 6.04 Å². The molecule has 20 heavy (non-hydrogen) atoms. The van der Waals surface area contributed by atoms with Crippen molar-refractivity contribution in [3.63, 3.8) is 0 Å². The molecule has 1 rings (SSSR count). The molecule has 0 aromatic carbocycles. The highest BCUT2D eigenvalue weighted by molar-refractivity contribution is 7.09. The number of aromatic nitrogens is 1. The van der Waals surface area contributed by atoms with E-state index in [-0.39, 0.29) is 5.97 Å². The van der Waals surface area contributed by atoms with Crippen LogP contribution in [0.5, 0.6) is 0 Å². The molecule has 0 bridgehead atoms. The van der Waals surface area contributed by atoms with Gasteiger partial charge in [-0.1, -0.05) is 13.8 Å². The maximum absolute atomic E-state index is 12.0. The summed E-state index contributed by atoms with van der Waals surface area (Å²) < 4.78 is 5.13. The Balaban J connectivity index is 2.62. The number of thiazole rings is 1. The van der Waals surface area contributed by atoms with Gasteiger partial charge in [0.15, 0.2) is 0 Å². The Morgan fingerprint density at radius 3 is 2.65 bits per heavy atom. The van der Waals surface area contributed by atoms with Crippen molar-refractivity contribution in [2.45, 2.75) is 33.7 Å². The first-order valence-corrected chi connectivity index (χ1v) is 8.04. The van der Waals surface area contributed by atoms with Crippen LogP contribution >= 0.6 is 11.3 Å². The fraction of sp³-hybridized carbons (Fsp3) is 0.714. The molecule has 1 aromatic rings. The summed E-state index contributed by atoms with van der Waals surface area (Å²) in [5.41, 5.74) is 0.755. The van der Waals surface area contributed by atoms with E-state index in [0.717, 1.165) is 36.9 Å². The molecule has 5 nitrogen and oxygen atoms in total. The lowest BCUT2D eigenvalue weighted by Gasteiger charge is -2.20. The van der Waals surface area contributed by atoms with Crippen LogP contribution in [0.25, 0.3) is 0 Å². The van der Waals surface area contributed by atoms with E-state index in [1.807, 2.05) is 19.2 Å². The molecule has 1 heterocycles. The zero-order chi connectivity index (χ0) is 15.0. The van der Waals surface area contributed by atoms with Crippen LogP contribution in [-0.2, 0) is 9.53 Å². The van der Waals surface area contributed by atoms with Crippen LogP contribution in [0.2, 0.25) is 0 Å². The Labute approximate surface area is 125 Å². The van der Waals surface area contributed by atoms with Gasteiger partial charge in [-0.2, -0.15) is 0 Å². The third-order valence-corrected chi connectivity index (χ3v) is 3.92. The summed E-state index contributed by atoms with van der Waals surface area (Å²) in [7, 11) is 0. The predicted octanol–water partition coefficient (Wildman–Crippen LogP) is 1.99. The zero-order valence-corrected chi connectivity index (χ0v) is 13.6. The van der Waals surface area contributed by atoms with Crippen LogP contribution in [0.3, 0.4) is 0 Å². The molecule has 0 aliphatic rings. The third-order valence-electron chi connectivity index (χ3n) is 3.13. The molecule has 0 saturated carbocycles. The van der Waals surface area contributed by atoms with Crippen molar-refractivity contribution in [1.29, 1.82) is 0 Å². The minimum Gasteiger partial charge on any atom is -0.465 e. The van der Waals surface area contributed by atoms with Crippen LogP contribution in [0, 0.1) is 6.92 Å². The van der Waals surface area contributed by atoms with Crippen LogP contribution < -0.4 is 5.32 Å². The van der Waals surface area contributed by atoms with E-state index in [4.69, 9.17) is 4.74 Å². The third kappa shape index (κ3) is 5.19. The van der Waals surface area contributed by atoms with Gasteiger partial charge >= 0.3 is 5.97 Å². The van der Waals surface area contributed by atoms with Crippen molar-refractivity contribution in [2.24, 2.45) is 0 Å². The topological polar surface area (TPSA) is 54.5 Å². The molecular formula is C14H25N3O2S. The predicted molar refractivity (Wildman–Crippen MR) is 82.0 cm³/mol. The number of carbonyl (C=O) groups excluding carboxylic acids is 1. The summed E-state index contributed by atoms with van der Waals surface area (Å²) in [6.45, 7) is 12.1. The highest BCUT2D eigenvalue weighted by atomic mass is 32.1. The lowest BCUT2D eigenvalue weighted by Crippen LogP contribution is -2.37.